The summed E-state index contributed by atoms with van der Waals surface area (Å²) < 4.78 is 5.64. The molecular weight excluding hydrogens is 398 g/mol. The van der Waals surface area contributed by atoms with Crippen molar-refractivity contribution in [3.05, 3.63) is 42.9 Å². The Hall–Kier alpha value is -3.53. The van der Waals surface area contributed by atoms with Crippen LogP contribution < -0.4 is 20.3 Å². The molecule has 4 rings (SSSR count). The molecule has 2 aliphatic rings. The summed E-state index contributed by atoms with van der Waals surface area (Å²) in [6.45, 7) is 5.59. The Morgan fingerprint density at radius 1 is 1.32 bits per heavy atom. The number of hydrogen-bond acceptors (Lipinski definition) is 8. The Labute approximate surface area is 180 Å². The van der Waals surface area contributed by atoms with Gasteiger partial charge in [0.05, 0.1) is 6.20 Å². The molecule has 0 aliphatic carbocycles. The Bertz CT molecular complexity index is 1010. The van der Waals surface area contributed by atoms with Crippen LogP contribution >= 0.6 is 0 Å². The number of hydrogen-bond donors (Lipinski definition) is 2. The number of anilines is 3. The summed E-state index contributed by atoms with van der Waals surface area (Å²) >= 11 is 0. The number of nitrogens with zero attached hydrogens (tertiary/aromatic N) is 5. The second-order valence-corrected chi connectivity index (χ2v) is 7.82. The second kappa shape index (κ2) is 8.31. The van der Waals surface area contributed by atoms with Gasteiger partial charge in [-0.25, -0.2) is 9.97 Å². The number of fused-ring (bicyclic) bond motifs is 1. The first-order chi connectivity index (χ1) is 14.9. The van der Waals surface area contributed by atoms with E-state index in [1.54, 1.807) is 18.5 Å². The molecule has 0 unspecified atom stereocenters. The highest BCUT2D eigenvalue weighted by atomic mass is 16.5. The molecule has 0 saturated carbocycles. The number of likely N-dealkylation sites (N-methyl/N-ethyl adjacent to an activating group) is 1. The summed E-state index contributed by atoms with van der Waals surface area (Å²) in [7, 11) is 3.97. The van der Waals surface area contributed by atoms with Crippen molar-refractivity contribution in [2.24, 2.45) is 5.41 Å². The quantitative estimate of drug-likeness (QED) is 0.637. The van der Waals surface area contributed by atoms with Gasteiger partial charge in [0.15, 0.2) is 0 Å². The number of amides is 2. The summed E-state index contributed by atoms with van der Waals surface area (Å²) in [6, 6.07) is 3.58. The van der Waals surface area contributed by atoms with Crippen LogP contribution in [0.1, 0.15) is 12.0 Å². The Morgan fingerprint density at radius 2 is 2.16 bits per heavy atom. The SMILES string of the molecule is C=CN1C(=O)[C@]2(CCNC2=O)Cc2cnc(Nc3ccc(OCCN(C)C)cn3)nc21. The van der Waals surface area contributed by atoms with Gasteiger partial charge in [0, 0.05) is 37.5 Å². The molecule has 1 atom stereocenters. The lowest BCUT2D eigenvalue weighted by Crippen LogP contribution is -2.51. The van der Waals surface area contributed by atoms with E-state index >= 15 is 0 Å². The van der Waals surface area contributed by atoms with E-state index in [1.807, 2.05) is 25.1 Å². The standard InChI is InChI=1S/C21H25N7O3/c1-4-28-17-14(11-21(19(28)30)7-8-22-18(21)29)12-24-20(26-17)25-16-6-5-15(13-23-16)31-10-9-27(2)3/h4-6,12-13H,1,7-11H2,2-3H3,(H,22,29)(H,23,24,25,26)/t21-/m1/s1. The minimum Gasteiger partial charge on any atom is -0.491 e. The molecule has 1 saturated heterocycles. The van der Waals surface area contributed by atoms with Crippen LogP contribution in [0, 0.1) is 5.41 Å². The van der Waals surface area contributed by atoms with Gasteiger partial charge < -0.3 is 20.3 Å². The van der Waals surface area contributed by atoms with Crippen molar-refractivity contribution in [2.45, 2.75) is 12.8 Å². The van der Waals surface area contributed by atoms with Gasteiger partial charge in [-0.2, -0.15) is 4.98 Å². The van der Waals surface area contributed by atoms with Crippen molar-refractivity contribution in [1.29, 1.82) is 0 Å². The van der Waals surface area contributed by atoms with E-state index in [2.05, 4.69) is 32.2 Å². The van der Waals surface area contributed by atoms with E-state index in [0.717, 1.165) is 12.1 Å². The van der Waals surface area contributed by atoms with Crippen molar-refractivity contribution < 1.29 is 14.3 Å². The van der Waals surface area contributed by atoms with Crippen molar-refractivity contribution in [3.8, 4) is 5.75 Å². The molecule has 1 fully saturated rings. The van der Waals surface area contributed by atoms with Crippen LogP contribution in [0.2, 0.25) is 0 Å². The molecule has 10 heteroatoms. The van der Waals surface area contributed by atoms with Crippen LogP contribution in [0.25, 0.3) is 0 Å². The van der Waals surface area contributed by atoms with Crippen LogP contribution in [0.4, 0.5) is 17.6 Å². The molecule has 31 heavy (non-hydrogen) atoms. The molecule has 2 aromatic rings. The van der Waals surface area contributed by atoms with Crippen molar-refractivity contribution in [2.75, 3.05) is 44.0 Å². The van der Waals surface area contributed by atoms with Crippen LogP contribution in [-0.2, 0) is 16.0 Å². The number of ether oxygens (including phenoxy) is 1. The summed E-state index contributed by atoms with van der Waals surface area (Å²) in [5, 5.41) is 5.79. The van der Waals surface area contributed by atoms with E-state index in [-0.39, 0.29) is 18.2 Å². The van der Waals surface area contributed by atoms with Gasteiger partial charge in [-0.1, -0.05) is 6.58 Å². The van der Waals surface area contributed by atoms with Gasteiger partial charge in [-0.3, -0.25) is 14.5 Å². The zero-order chi connectivity index (χ0) is 22.0. The van der Waals surface area contributed by atoms with Crippen LogP contribution in [-0.4, -0.2) is 65.5 Å². The molecule has 0 aromatic carbocycles. The van der Waals surface area contributed by atoms with E-state index in [1.165, 1.54) is 11.1 Å². The average molecular weight is 423 g/mol. The highest BCUT2D eigenvalue weighted by molar-refractivity contribution is 6.15. The number of carbonyl (C=O) groups is 2. The summed E-state index contributed by atoms with van der Waals surface area (Å²) in [5.41, 5.74) is -0.386. The second-order valence-electron chi connectivity index (χ2n) is 7.82. The fourth-order valence-electron chi connectivity index (χ4n) is 3.73. The zero-order valence-corrected chi connectivity index (χ0v) is 17.6. The fourth-order valence-corrected chi connectivity index (χ4v) is 3.73. The van der Waals surface area contributed by atoms with E-state index < -0.39 is 5.41 Å². The van der Waals surface area contributed by atoms with Gasteiger partial charge in [0.2, 0.25) is 17.8 Å². The average Bonchev–Trinajstić information content (AvgIpc) is 3.11. The summed E-state index contributed by atoms with van der Waals surface area (Å²) in [5.74, 6) is 1.35. The largest absolute Gasteiger partial charge is 0.491 e. The summed E-state index contributed by atoms with van der Waals surface area (Å²) in [6.07, 6.45) is 5.37. The first-order valence-corrected chi connectivity index (χ1v) is 10.0. The predicted molar refractivity (Wildman–Crippen MR) is 115 cm³/mol. The predicted octanol–water partition coefficient (Wildman–Crippen LogP) is 1.09. The molecule has 4 heterocycles. The van der Waals surface area contributed by atoms with Crippen LogP contribution in [0.5, 0.6) is 5.75 Å². The topological polar surface area (TPSA) is 113 Å². The molecule has 0 radical (unpaired) electrons. The van der Waals surface area contributed by atoms with Crippen molar-refractivity contribution in [3.63, 3.8) is 0 Å². The van der Waals surface area contributed by atoms with Crippen LogP contribution in [0.15, 0.2) is 37.3 Å². The molecule has 2 aliphatic heterocycles. The van der Waals surface area contributed by atoms with Crippen LogP contribution in [0.3, 0.4) is 0 Å². The molecule has 1 spiro atoms. The minimum atomic E-state index is -1.11. The smallest absolute Gasteiger partial charge is 0.248 e. The third-order valence-corrected chi connectivity index (χ3v) is 5.43. The molecule has 0 bridgehead atoms. The minimum absolute atomic E-state index is 0.255. The monoisotopic (exact) mass is 423 g/mol. The van der Waals surface area contributed by atoms with E-state index in [0.29, 0.717) is 42.9 Å². The Morgan fingerprint density at radius 3 is 2.81 bits per heavy atom. The number of aromatic nitrogens is 3. The third kappa shape index (κ3) is 3.93. The molecule has 162 valence electrons. The lowest BCUT2D eigenvalue weighted by Gasteiger charge is -2.35. The van der Waals surface area contributed by atoms with Gasteiger partial charge in [-0.15, -0.1) is 0 Å². The first kappa shape index (κ1) is 20.7. The highest BCUT2D eigenvalue weighted by Crippen LogP contribution is 2.41. The first-order valence-electron chi connectivity index (χ1n) is 10.0. The Balaban J connectivity index is 1.51. The zero-order valence-electron chi connectivity index (χ0n) is 17.6. The molecule has 2 N–H and O–H groups in total. The molecule has 2 amide bonds. The lowest BCUT2D eigenvalue weighted by molar-refractivity contribution is -0.139. The van der Waals surface area contributed by atoms with Crippen molar-refractivity contribution >= 4 is 29.4 Å². The lowest BCUT2D eigenvalue weighted by atomic mass is 9.76. The van der Waals surface area contributed by atoms with Gasteiger partial charge in [-0.05, 0) is 32.6 Å². The number of carbonyl (C=O) groups excluding carboxylic acids is 2. The fraction of sp³-hybridized carbons (Fsp3) is 0.381. The third-order valence-electron chi connectivity index (χ3n) is 5.43. The summed E-state index contributed by atoms with van der Waals surface area (Å²) in [4.78, 5) is 42.0. The molecule has 2 aromatic heterocycles. The van der Waals surface area contributed by atoms with Crippen molar-refractivity contribution in [1.82, 2.24) is 25.2 Å². The molecular formula is C21H25N7O3. The number of pyridine rings is 1. The molecule has 10 nitrogen and oxygen atoms in total. The van der Waals surface area contributed by atoms with Gasteiger partial charge in [0.1, 0.15) is 29.4 Å². The highest BCUT2D eigenvalue weighted by Gasteiger charge is 2.54. The number of rotatable bonds is 7. The van der Waals surface area contributed by atoms with E-state index in [9.17, 15) is 9.59 Å². The van der Waals surface area contributed by atoms with Gasteiger partial charge >= 0.3 is 0 Å². The van der Waals surface area contributed by atoms with Gasteiger partial charge in [0.25, 0.3) is 0 Å². The maximum absolute atomic E-state index is 13.1. The Kier molecular flexibility index (Phi) is 5.55. The maximum Gasteiger partial charge on any atom is 0.248 e. The van der Waals surface area contributed by atoms with E-state index in [4.69, 9.17) is 4.74 Å². The maximum atomic E-state index is 13.1. The number of nitrogens with one attached hydrogen (secondary N) is 2. The normalized spacial score (nSPS) is 20.0.